The summed E-state index contributed by atoms with van der Waals surface area (Å²) in [5, 5.41) is 4.97. The molecule has 0 radical (unpaired) electrons. The minimum atomic E-state index is -0.265. The summed E-state index contributed by atoms with van der Waals surface area (Å²) in [6, 6.07) is 8.61. The lowest BCUT2D eigenvalue weighted by atomic mass is 10.2. The fraction of sp³-hybridized carbons (Fsp3) is 0.400. The first-order valence-electron chi connectivity index (χ1n) is 9.54. The van der Waals surface area contributed by atoms with E-state index in [0.717, 1.165) is 31.5 Å². The Kier molecular flexibility index (Phi) is 5.17. The number of hydrogen-bond donors (Lipinski definition) is 0. The number of amides is 1. The second kappa shape index (κ2) is 7.75. The van der Waals surface area contributed by atoms with E-state index < -0.39 is 0 Å². The van der Waals surface area contributed by atoms with Gasteiger partial charge in [0.2, 0.25) is 11.7 Å². The second-order valence-corrected chi connectivity index (χ2v) is 7.60. The summed E-state index contributed by atoms with van der Waals surface area (Å²) >= 11 is 5.95. The molecule has 1 aliphatic heterocycles. The number of aromatic nitrogens is 4. The summed E-state index contributed by atoms with van der Waals surface area (Å²) < 4.78 is 3.02. The van der Waals surface area contributed by atoms with E-state index in [4.69, 9.17) is 11.6 Å². The van der Waals surface area contributed by atoms with Gasteiger partial charge < -0.3 is 9.47 Å². The molecule has 0 aliphatic carbocycles. The number of carbonyl (C=O) groups excluding carboxylic acids is 1. The van der Waals surface area contributed by atoms with Crippen molar-refractivity contribution in [3.63, 3.8) is 0 Å². The Morgan fingerprint density at radius 1 is 1.11 bits per heavy atom. The SMILES string of the molecule is Cc1cc(=O)n2nc(-c3ccc(Cl)cc3)nc2n1CC(=O)N1CCCCCC1. The highest BCUT2D eigenvalue weighted by atomic mass is 35.5. The van der Waals surface area contributed by atoms with Crippen LogP contribution in [-0.2, 0) is 11.3 Å². The lowest BCUT2D eigenvalue weighted by Crippen LogP contribution is -2.35. The van der Waals surface area contributed by atoms with Crippen molar-refractivity contribution in [2.45, 2.75) is 39.2 Å². The normalized spacial score (nSPS) is 15.0. The fourth-order valence-corrected chi connectivity index (χ4v) is 3.70. The Bertz CT molecular complexity index is 1060. The van der Waals surface area contributed by atoms with Crippen LogP contribution in [0.25, 0.3) is 17.2 Å². The van der Waals surface area contributed by atoms with E-state index in [9.17, 15) is 9.59 Å². The summed E-state index contributed by atoms with van der Waals surface area (Å²) in [5.41, 5.74) is 1.19. The maximum Gasteiger partial charge on any atom is 0.275 e. The van der Waals surface area contributed by atoms with E-state index in [-0.39, 0.29) is 18.0 Å². The van der Waals surface area contributed by atoms with Crippen LogP contribution in [0.2, 0.25) is 5.02 Å². The minimum Gasteiger partial charge on any atom is -0.341 e. The van der Waals surface area contributed by atoms with Crippen LogP contribution in [-0.4, -0.2) is 43.1 Å². The Morgan fingerprint density at radius 2 is 1.79 bits per heavy atom. The number of nitrogens with zero attached hydrogens (tertiary/aromatic N) is 5. The van der Waals surface area contributed by atoms with Crippen molar-refractivity contribution in [3.8, 4) is 11.4 Å². The lowest BCUT2D eigenvalue weighted by Gasteiger charge is -2.21. The van der Waals surface area contributed by atoms with Crippen molar-refractivity contribution in [2.75, 3.05) is 13.1 Å². The van der Waals surface area contributed by atoms with Gasteiger partial charge in [0.25, 0.3) is 5.56 Å². The summed E-state index contributed by atoms with van der Waals surface area (Å²) in [5.74, 6) is 0.847. The Hall–Kier alpha value is -2.67. The van der Waals surface area contributed by atoms with E-state index in [1.54, 1.807) is 28.8 Å². The summed E-state index contributed by atoms with van der Waals surface area (Å²) in [7, 11) is 0. The van der Waals surface area contributed by atoms with Crippen LogP contribution in [0.1, 0.15) is 31.4 Å². The van der Waals surface area contributed by atoms with Crippen LogP contribution in [0.4, 0.5) is 0 Å². The minimum absolute atomic E-state index is 0.0478. The molecule has 1 saturated heterocycles. The van der Waals surface area contributed by atoms with Gasteiger partial charge in [-0.2, -0.15) is 9.50 Å². The Morgan fingerprint density at radius 3 is 2.46 bits per heavy atom. The number of aryl methyl sites for hydroxylation is 1. The molecule has 0 unspecified atom stereocenters. The lowest BCUT2D eigenvalue weighted by molar-refractivity contribution is -0.131. The van der Waals surface area contributed by atoms with Crippen molar-refractivity contribution in [1.82, 2.24) is 24.1 Å². The molecule has 1 aromatic carbocycles. The number of benzene rings is 1. The number of hydrogen-bond acceptors (Lipinski definition) is 4. The largest absolute Gasteiger partial charge is 0.341 e. The maximum atomic E-state index is 12.9. The highest BCUT2D eigenvalue weighted by Crippen LogP contribution is 2.19. The number of halogens is 1. The van der Waals surface area contributed by atoms with Gasteiger partial charge in [-0.05, 0) is 44.0 Å². The molecular weight excluding hydrogens is 378 g/mol. The molecule has 2 aromatic heterocycles. The van der Waals surface area contributed by atoms with Gasteiger partial charge in [0.05, 0.1) is 0 Å². The van der Waals surface area contributed by atoms with Gasteiger partial charge >= 0.3 is 0 Å². The molecule has 0 saturated carbocycles. The maximum absolute atomic E-state index is 12.9. The monoisotopic (exact) mass is 399 g/mol. The molecule has 0 spiro atoms. The first kappa shape index (κ1) is 18.7. The van der Waals surface area contributed by atoms with Crippen LogP contribution < -0.4 is 5.56 Å². The molecule has 3 heterocycles. The van der Waals surface area contributed by atoms with Crippen LogP contribution in [0.15, 0.2) is 35.1 Å². The molecule has 0 bridgehead atoms. The molecule has 0 atom stereocenters. The van der Waals surface area contributed by atoms with Gasteiger partial charge in [0.15, 0.2) is 5.82 Å². The van der Waals surface area contributed by atoms with Crippen LogP contribution in [0.3, 0.4) is 0 Å². The molecule has 4 rings (SSSR count). The van der Waals surface area contributed by atoms with Crippen LogP contribution >= 0.6 is 11.6 Å². The third kappa shape index (κ3) is 3.67. The van der Waals surface area contributed by atoms with Crippen molar-refractivity contribution >= 4 is 23.3 Å². The smallest absolute Gasteiger partial charge is 0.275 e. The molecule has 1 aliphatic rings. The Labute approximate surface area is 167 Å². The third-order valence-corrected chi connectivity index (χ3v) is 5.40. The van der Waals surface area contributed by atoms with Crippen LogP contribution in [0.5, 0.6) is 0 Å². The summed E-state index contributed by atoms with van der Waals surface area (Å²) in [6.45, 7) is 3.54. The Balaban J connectivity index is 1.72. The number of rotatable bonds is 3. The zero-order valence-electron chi connectivity index (χ0n) is 15.8. The topological polar surface area (TPSA) is 72.5 Å². The molecule has 0 N–H and O–H groups in total. The highest BCUT2D eigenvalue weighted by molar-refractivity contribution is 6.30. The summed E-state index contributed by atoms with van der Waals surface area (Å²) in [6.07, 6.45) is 4.41. The fourth-order valence-electron chi connectivity index (χ4n) is 3.57. The molecule has 7 nitrogen and oxygen atoms in total. The number of likely N-dealkylation sites (tertiary alicyclic amines) is 1. The molecule has 1 fully saturated rings. The first-order valence-corrected chi connectivity index (χ1v) is 9.92. The molecular formula is C20H22ClN5O2. The average Bonchev–Trinajstić information content (AvgIpc) is 2.94. The zero-order chi connectivity index (χ0) is 19.7. The van der Waals surface area contributed by atoms with Gasteiger partial charge in [-0.1, -0.05) is 24.4 Å². The number of fused-ring (bicyclic) bond motifs is 1. The van der Waals surface area contributed by atoms with Crippen molar-refractivity contribution in [3.05, 3.63) is 51.4 Å². The van der Waals surface area contributed by atoms with E-state index in [0.29, 0.717) is 22.3 Å². The van der Waals surface area contributed by atoms with Crippen LogP contribution in [0, 0.1) is 6.92 Å². The quantitative estimate of drug-likeness (QED) is 0.678. The van der Waals surface area contributed by atoms with Gasteiger partial charge in [0.1, 0.15) is 6.54 Å². The molecule has 3 aromatic rings. The zero-order valence-corrected chi connectivity index (χ0v) is 16.5. The third-order valence-electron chi connectivity index (χ3n) is 5.15. The average molecular weight is 400 g/mol. The van der Waals surface area contributed by atoms with Gasteiger partial charge in [0, 0.05) is 35.4 Å². The van der Waals surface area contributed by atoms with E-state index >= 15 is 0 Å². The van der Waals surface area contributed by atoms with Gasteiger partial charge in [-0.15, -0.1) is 5.10 Å². The second-order valence-electron chi connectivity index (χ2n) is 7.16. The molecule has 28 heavy (non-hydrogen) atoms. The van der Waals surface area contributed by atoms with E-state index in [1.165, 1.54) is 23.4 Å². The van der Waals surface area contributed by atoms with Gasteiger partial charge in [-0.25, -0.2) is 0 Å². The molecule has 8 heteroatoms. The molecule has 146 valence electrons. The molecule has 1 amide bonds. The van der Waals surface area contributed by atoms with Crippen molar-refractivity contribution in [2.24, 2.45) is 0 Å². The first-order chi connectivity index (χ1) is 13.5. The van der Waals surface area contributed by atoms with Crippen molar-refractivity contribution < 1.29 is 4.79 Å². The standard InChI is InChI=1S/C20H22ClN5O2/c1-14-12-17(27)26-20(22-19(23-26)15-6-8-16(21)9-7-15)25(14)13-18(28)24-10-4-2-3-5-11-24/h6-9,12H,2-5,10-11,13H2,1H3. The predicted octanol–water partition coefficient (Wildman–Crippen LogP) is 2.92. The highest BCUT2D eigenvalue weighted by Gasteiger charge is 2.19. The summed E-state index contributed by atoms with van der Waals surface area (Å²) in [4.78, 5) is 31.8. The predicted molar refractivity (Wildman–Crippen MR) is 107 cm³/mol. The number of carbonyl (C=O) groups is 1. The van der Waals surface area contributed by atoms with E-state index in [1.807, 2.05) is 11.8 Å². The van der Waals surface area contributed by atoms with Gasteiger partial charge in [-0.3, -0.25) is 9.59 Å². The van der Waals surface area contributed by atoms with E-state index in [2.05, 4.69) is 10.1 Å². The van der Waals surface area contributed by atoms with Crippen molar-refractivity contribution in [1.29, 1.82) is 0 Å².